The fraction of sp³-hybridized carbons (Fsp3) is 0.538. The van der Waals surface area contributed by atoms with Crippen LogP contribution >= 0.6 is 0 Å². The van der Waals surface area contributed by atoms with E-state index in [0.717, 1.165) is 12.1 Å². The Bertz CT molecular complexity index is 302. The van der Waals surface area contributed by atoms with Crippen LogP contribution in [0.3, 0.4) is 0 Å². The van der Waals surface area contributed by atoms with Crippen molar-refractivity contribution in [2.24, 2.45) is 0 Å². The highest BCUT2D eigenvalue weighted by Crippen LogP contribution is 2.25. The van der Waals surface area contributed by atoms with Gasteiger partial charge < -0.3 is 15.2 Å². The third kappa shape index (κ3) is 2.82. The lowest BCUT2D eigenvalue weighted by Crippen LogP contribution is -2.49. The summed E-state index contributed by atoms with van der Waals surface area (Å²) in [5.74, 6) is 0. The van der Waals surface area contributed by atoms with Crippen molar-refractivity contribution in [3.05, 3.63) is 35.9 Å². The first-order valence-corrected chi connectivity index (χ1v) is 5.65. The van der Waals surface area contributed by atoms with Crippen LogP contribution in [0.15, 0.2) is 30.3 Å². The van der Waals surface area contributed by atoms with Gasteiger partial charge >= 0.3 is 0 Å². The van der Waals surface area contributed by atoms with E-state index in [0.29, 0.717) is 0 Å². The van der Waals surface area contributed by atoms with Crippen LogP contribution in [-0.4, -0.2) is 31.4 Å². The first-order chi connectivity index (χ1) is 7.65. The number of hydrogen-bond acceptors (Lipinski definition) is 3. The minimum absolute atomic E-state index is 0.0557. The second-order valence-corrected chi connectivity index (χ2v) is 4.00. The summed E-state index contributed by atoms with van der Waals surface area (Å²) in [6.07, 6.45) is 0. The van der Waals surface area contributed by atoms with E-state index in [9.17, 15) is 5.11 Å². The molecule has 2 unspecified atom stereocenters. The lowest BCUT2D eigenvalue weighted by Gasteiger charge is -2.34. The molecule has 0 bridgehead atoms. The van der Waals surface area contributed by atoms with Crippen LogP contribution in [0.25, 0.3) is 0 Å². The monoisotopic (exact) mass is 223 g/mol. The molecule has 0 saturated carbocycles. The molecule has 2 atom stereocenters. The summed E-state index contributed by atoms with van der Waals surface area (Å²) in [6, 6.07) is 9.58. The van der Waals surface area contributed by atoms with E-state index < -0.39 is 5.60 Å². The van der Waals surface area contributed by atoms with Gasteiger partial charge in [0.1, 0.15) is 5.60 Å². The molecule has 3 heteroatoms. The van der Waals surface area contributed by atoms with E-state index in [1.54, 1.807) is 7.11 Å². The van der Waals surface area contributed by atoms with Crippen LogP contribution in [0.5, 0.6) is 0 Å². The van der Waals surface area contributed by atoms with Gasteiger partial charge in [-0.2, -0.15) is 0 Å². The van der Waals surface area contributed by atoms with E-state index in [1.807, 2.05) is 44.2 Å². The summed E-state index contributed by atoms with van der Waals surface area (Å²) in [5.41, 5.74) is -0.100. The van der Waals surface area contributed by atoms with E-state index in [1.165, 1.54) is 0 Å². The Morgan fingerprint density at radius 1 is 1.38 bits per heavy atom. The summed E-state index contributed by atoms with van der Waals surface area (Å²) in [4.78, 5) is 0. The van der Waals surface area contributed by atoms with E-state index >= 15 is 0 Å². The Morgan fingerprint density at radius 3 is 2.50 bits per heavy atom. The Balaban J connectivity index is 2.96. The summed E-state index contributed by atoms with van der Waals surface area (Å²) >= 11 is 0. The van der Waals surface area contributed by atoms with Crippen molar-refractivity contribution in [1.82, 2.24) is 5.32 Å². The highest BCUT2D eigenvalue weighted by Gasteiger charge is 2.35. The fourth-order valence-corrected chi connectivity index (χ4v) is 1.88. The predicted octanol–water partition coefficient (Wildman–Crippen LogP) is 1.52. The number of hydrogen-bond donors (Lipinski definition) is 2. The maximum atomic E-state index is 10.7. The minimum Gasteiger partial charge on any atom is -0.381 e. The molecular weight excluding hydrogens is 202 g/mol. The second-order valence-electron chi connectivity index (χ2n) is 4.00. The van der Waals surface area contributed by atoms with Crippen LogP contribution in [0.2, 0.25) is 0 Å². The number of likely N-dealkylation sites (N-methyl/N-ethyl adjacent to an activating group) is 1. The van der Waals surface area contributed by atoms with Crippen LogP contribution in [0.4, 0.5) is 0 Å². The zero-order valence-electron chi connectivity index (χ0n) is 10.2. The molecule has 3 nitrogen and oxygen atoms in total. The Hall–Kier alpha value is -0.900. The molecule has 0 aliphatic carbocycles. The first kappa shape index (κ1) is 13.2. The molecule has 1 aromatic carbocycles. The lowest BCUT2D eigenvalue weighted by atomic mass is 9.88. The average molecular weight is 223 g/mol. The molecule has 0 heterocycles. The number of rotatable bonds is 6. The molecule has 16 heavy (non-hydrogen) atoms. The maximum absolute atomic E-state index is 10.7. The van der Waals surface area contributed by atoms with E-state index in [4.69, 9.17) is 4.74 Å². The number of ether oxygens (including phenoxy) is 1. The topological polar surface area (TPSA) is 41.5 Å². The van der Waals surface area contributed by atoms with Gasteiger partial charge in [-0.15, -0.1) is 0 Å². The lowest BCUT2D eigenvalue weighted by molar-refractivity contribution is -0.0590. The van der Waals surface area contributed by atoms with Crippen LogP contribution < -0.4 is 5.32 Å². The zero-order chi connectivity index (χ0) is 12.0. The number of methoxy groups -OCH3 is 1. The standard InChI is InChI=1S/C13H21NO2/c1-4-14-11(2)13(15,10-16-3)12-8-6-5-7-9-12/h5-9,11,14-15H,4,10H2,1-3H3. The van der Waals surface area contributed by atoms with Gasteiger partial charge in [0.2, 0.25) is 0 Å². The Labute approximate surface area is 97.4 Å². The Kier molecular flexibility index (Phi) is 4.93. The highest BCUT2D eigenvalue weighted by atomic mass is 16.5. The van der Waals surface area contributed by atoms with Gasteiger partial charge in [-0.3, -0.25) is 0 Å². The van der Waals surface area contributed by atoms with Crippen molar-refractivity contribution in [2.75, 3.05) is 20.3 Å². The third-order valence-corrected chi connectivity index (χ3v) is 2.86. The van der Waals surface area contributed by atoms with E-state index in [2.05, 4.69) is 5.32 Å². The number of aliphatic hydroxyl groups is 1. The molecule has 1 aromatic rings. The molecule has 0 spiro atoms. The summed E-state index contributed by atoms with van der Waals surface area (Å²) in [5, 5.41) is 13.9. The van der Waals surface area contributed by atoms with Gasteiger partial charge in [-0.1, -0.05) is 37.3 Å². The summed E-state index contributed by atoms with van der Waals surface area (Å²) in [6.45, 7) is 5.09. The van der Waals surface area contributed by atoms with Crippen molar-refractivity contribution < 1.29 is 9.84 Å². The van der Waals surface area contributed by atoms with Crippen molar-refractivity contribution in [3.63, 3.8) is 0 Å². The molecule has 1 rings (SSSR count). The van der Waals surface area contributed by atoms with Crippen molar-refractivity contribution >= 4 is 0 Å². The van der Waals surface area contributed by atoms with Gasteiger partial charge in [0.25, 0.3) is 0 Å². The van der Waals surface area contributed by atoms with Crippen molar-refractivity contribution in [2.45, 2.75) is 25.5 Å². The molecular formula is C13H21NO2. The van der Waals surface area contributed by atoms with Crippen LogP contribution in [0.1, 0.15) is 19.4 Å². The summed E-state index contributed by atoms with van der Waals surface area (Å²) in [7, 11) is 1.60. The minimum atomic E-state index is -0.980. The van der Waals surface area contributed by atoms with Gasteiger partial charge in [-0.25, -0.2) is 0 Å². The maximum Gasteiger partial charge on any atom is 0.128 e. The van der Waals surface area contributed by atoms with Gasteiger partial charge in [0.05, 0.1) is 6.61 Å². The molecule has 0 amide bonds. The SMILES string of the molecule is CCNC(C)C(O)(COC)c1ccccc1. The summed E-state index contributed by atoms with van der Waals surface area (Å²) < 4.78 is 5.14. The number of benzene rings is 1. The molecule has 0 saturated heterocycles. The van der Waals surface area contributed by atoms with Gasteiger partial charge in [-0.05, 0) is 19.0 Å². The second kappa shape index (κ2) is 5.99. The molecule has 0 aliphatic rings. The van der Waals surface area contributed by atoms with Gasteiger partial charge in [0, 0.05) is 13.2 Å². The van der Waals surface area contributed by atoms with Crippen LogP contribution in [0, 0.1) is 0 Å². The average Bonchev–Trinajstić information content (AvgIpc) is 2.30. The van der Waals surface area contributed by atoms with Crippen LogP contribution in [-0.2, 0) is 10.3 Å². The molecule has 0 aromatic heterocycles. The Morgan fingerprint density at radius 2 is 2.00 bits per heavy atom. The quantitative estimate of drug-likeness (QED) is 0.768. The number of nitrogens with one attached hydrogen (secondary N) is 1. The highest BCUT2D eigenvalue weighted by molar-refractivity contribution is 5.24. The first-order valence-electron chi connectivity index (χ1n) is 5.65. The van der Waals surface area contributed by atoms with Crippen molar-refractivity contribution in [3.8, 4) is 0 Å². The molecule has 0 aliphatic heterocycles. The largest absolute Gasteiger partial charge is 0.381 e. The normalized spacial score (nSPS) is 16.8. The molecule has 0 fully saturated rings. The molecule has 2 N–H and O–H groups in total. The van der Waals surface area contributed by atoms with Gasteiger partial charge in [0.15, 0.2) is 0 Å². The molecule has 0 radical (unpaired) electrons. The van der Waals surface area contributed by atoms with E-state index in [-0.39, 0.29) is 12.6 Å². The predicted molar refractivity (Wildman–Crippen MR) is 65.4 cm³/mol. The zero-order valence-corrected chi connectivity index (χ0v) is 10.2. The molecule has 90 valence electrons. The third-order valence-electron chi connectivity index (χ3n) is 2.86. The smallest absolute Gasteiger partial charge is 0.128 e. The van der Waals surface area contributed by atoms with Crippen molar-refractivity contribution in [1.29, 1.82) is 0 Å². The fourth-order valence-electron chi connectivity index (χ4n) is 1.88.